The van der Waals surface area contributed by atoms with Crippen LogP contribution in [0.4, 0.5) is 18.0 Å². The molecule has 1 amide bonds. The number of aromatic nitrogens is 1. The van der Waals surface area contributed by atoms with Gasteiger partial charge in [-0.15, -0.1) is 0 Å². The molecular formula is C25H23F3N2O3. The molecule has 0 radical (unpaired) electrons. The van der Waals surface area contributed by atoms with E-state index in [9.17, 15) is 18.0 Å². The van der Waals surface area contributed by atoms with Crippen LogP contribution >= 0.6 is 0 Å². The van der Waals surface area contributed by atoms with E-state index in [-0.39, 0.29) is 6.09 Å². The van der Waals surface area contributed by atoms with Crippen LogP contribution in [0.5, 0.6) is 11.5 Å². The van der Waals surface area contributed by atoms with Gasteiger partial charge in [0.05, 0.1) is 17.8 Å². The molecule has 5 nitrogen and oxygen atoms in total. The largest absolute Gasteiger partial charge is 0.457 e. The van der Waals surface area contributed by atoms with E-state index in [1.165, 1.54) is 12.1 Å². The van der Waals surface area contributed by atoms with Gasteiger partial charge in [0.25, 0.3) is 0 Å². The number of rotatable bonds is 3. The van der Waals surface area contributed by atoms with Crippen LogP contribution < -0.4 is 4.74 Å². The zero-order valence-electron chi connectivity index (χ0n) is 18.4. The second kappa shape index (κ2) is 8.42. The number of benzene rings is 2. The predicted octanol–water partition coefficient (Wildman–Crippen LogP) is 6.68. The fourth-order valence-corrected chi connectivity index (χ4v) is 3.51. The molecule has 0 spiro atoms. The van der Waals surface area contributed by atoms with Crippen molar-refractivity contribution in [3.8, 4) is 11.5 Å². The average Bonchev–Trinajstić information content (AvgIpc) is 3.22. The summed E-state index contributed by atoms with van der Waals surface area (Å²) in [5.74, 6) is 0.767. The fourth-order valence-electron chi connectivity index (χ4n) is 3.51. The molecule has 0 saturated heterocycles. The zero-order valence-corrected chi connectivity index (χ0v) is 18.4. The van der Waals surface area contributed by atoms with E-state index in [0.717, 1.165) is 34.2 Å². The third-order valence-corrected chi connectivity index (χ3v) is 5.03. The highest BCUT2D eigenvalue weighted by Gasteiger charge is 2.30. The summed E-state index contributed by atoms with van der Waals surface area (Å²) >= 11 is 0. The van der Waals surface area contributed by atoms with Crippen LogP contribution in [0.3, 0.4) is 0 Å². The number of carbonyl (C=O) groups excluding carboxylic acids is 1. The molecule has 8 heteroatoms. The van der Waals surface area contributed by atoms with E-state index in [0.29, 0.717) is 24.6 Å². The summed E-state index contributed by atoms with van der Waals surface area (Å²) in [6.07, 6.45) is -1.15. The number of halogens is 3. The third kappa shape index (κ3) is 5.27. The van der Waals surface area contributed by atoms with Crippen LogP contribution in [0.25, 0.3) is 16.3 Å². The van der Waals surface area contributed by atoms with Crippen molar-refractivity contribution in [1.82, 2.24) is 9.88 Å². The minimum atomic E-state index is -4.40. The molecule has 3 aromatic rings. The highest BCUT2D eigenvalue weighted by Crippen LogP contribution is 2.33. The van der Waals surface area contributed by atoms with E-state index < -0.39 is 17.3 Å². The van der Waals surface area contributed by atoms with Crippen LogP contribution in [0.2, 0.25) is 0 Å². The number of nitrogens with zero attached hydrogens (tertiary/aromatic N) is 2. The quantitative estimate of drug-likeness (QED) is 0.441. The number of ether oxygens (including phenoxy) is 2. The van der Waals surface area contributed by atoms with E-state index in [1.54, 1.807) is 23.2 Å². The number of hydrogen-bond acceptors (Lipinski definition) is 4. The Balaban J connectivity index is 1.56. The molecule has 0 saturated carbocycles. The zero-order chi connectivity index (χ0) is 23.8. The molecule has 1 aromatic heterocycles. The molecule has 0 aliphatic carbocycles. The van der Waals surface area contributed by atoms with Gasteiger partial charge in [0.1, 0.15) is 17.1 Å². The van der Waals surface area contributed by atoms with E-state index >= 15 is 0 Å². The first-order valence-electron chi connectivity index (χ1n) is 10.4. The Hall–Kier alpha value is -3.55. The van der Waals surface area contributed by atoms with Gasteiger partial charge < -0.3 is 14.4 Å². The van der Waals surface area contributed by atoms with Crippen molar-refractivity contribution in [3.05, 3.63) is 72.1 Å². The molecule has 0 bridgehead atoms. The van der Waals surface area contributed by atoms with Gasteiger partial charge in [0, 0.05) is 18.1 Å². The summed E-state index contributed by atoms with van der Waals surface area (Å²) in [4.78, 5) is 18.5. The van der Waals surface area contributed by atoms with Crippen molar-refractivity contribution >= 4 is 22.4 Å². The summed E-state index contributed by atoms with van der Waals surface area (Å²) in [6, 6.07) is 11.8. The first-order chi connectivity index (χ1) is 15.5. The SMILES string of the molecule is CC(C)(C)OC(=O)N1CC=C(c2nccc3ccc(Oc4ccc(C(F)(F)F)cc4)cc23)C1. The highest BCUT2D eigenvalue weighted by atomic mass is 19.4. The molecule has 0 N–H and O–H groups in total. The van der Waals surface area contributed by atoms with E-state index in [4.69, 9.17) is 9.47 Å². The maximum atomic E-state index is 12.8. The number of pyridine rings is 1. The topological polar surface area (TPSA) is 51.7 Å². The predicted molar refractivity (Wildman–Crippen MR) is 119 cm³/mol. The van der Waals surface area contributed by atoms with Crippen LogP contribution in [0.1, 0.15) is 32.0 Å². The normalized spacial score (nSPS) is 14.4. The number of hydrogen-bond donors (Lipinski definition) is 0. The first kappa shape index (κ1) is 22.6. The monoisotopic (exact) mass is 456 g/mol. The van der Waals surface area contributed by atoms with E-state index in [2.05, 4.69) is 4.98 Å². The van der Waals surface area contributed by atoms with Gasteiger partial charge in [0.2, 0.25) is 0 Å². The molecule has 4 rings (SSSR count). The van der Waals surface area contributed by atoms with Gasteiger partial charge in [0.15, 0.2) is 0 Å². The maximum absolute atomic E-state index is 12.8. The van der Waals surface area contributed by atoms with Crippen molar-refractivity contribution in [2.24, 2.45) is 0 Å². The fraction of sp³-hybridized carbons (Fsp3) is 0.280. The molecule has 1 aliphatic heterocycles. The number of carbonyl (C=O) groups is 1. The second-order valence-corrected chi connectivity index (χ2v) is 8.76. The Morgan fingerprint density at radius 3 is 2.36 bits per heavy atom. The molecule has 1 aliphatic rings. The minimum Gasteiger partial charge on any atom is -0.457 e. The average molecular weight is 456 g/mol. The summed E-state index contributed by atoms with van der Waals surface area (Å²) in [5.41, 5.74) is 0.291. The Morgan fingerprint density at radius 2 is 1.70 bits per heavy atom. The van der Waals surface area contributed by atoms with Crippen molar-refractivity contribution in [1.29, 1.82) is 0 Å². The Bertz CT molecular complexity index is 1210. The van der Waals surface area contributed by atoms with E-state index in [1.807, 2.05) is 39.0 Å². The van der Waals surface area contributed by atoms with Gasteiger partial charge in [-0.2, -0.15) is 13.2 Å². The minimum absolute atomic E-state index is 0.295. The van der Waals surface area contributed by atoms with Crippen molar-refractivity contribution in [2.45, 2.75) is 32.5 Å². The van der Waals surface area contributed by atoms with Gasteiger partial charge in [-0.25, -0.2) is 4.79 Å². The maximum Gasteiger partial charge on any atom is 0.416 e. The van der Waals surface area contributed by atoms with Crippen molar-refractivity contribution in [3.63, 3.8) is 0 Å². The molecular weight excluding hydrogens is 433 g/mol. The number of amides is 1. The molecule has 2 aromatic carbocycles. The van der Waals surface area contributed by atoms with Crippen molar-refractivity contribution < 1.29 is 27.4 Å². The molecule has 0 fully saturated rings. The van der Waals surface area contributed by atoms with Gasteiger partial charge in [-0.3, -0.25) is 4.98 Å². The first-order valence-corrected chi connectivity index (χ1v) is 10.4. The Morgan fingerprint density at radius 1 is 1.00 bits per heavy atom. The lowest BCUT2D eigenvalue weighted by Crippen LogP contribution is -2.35. The number of fused-ring (bicyclic) bond motifs is 1. The van der Waals surface area contributed by atoms with Crippen LogP contribution in [0.15, 0.2) is 60.8 Å². The van der Waals surface area contributed by atoms with Gasteiger partial charge in [-0.05, 0) is 74.2 Å². The molecule has 33 heavy (non-hydrogen) atoms. The molecule has 0 atom stereocenters. The van der Waals surface area contributed by atoms with Gasteiger partial charge >= 0.3 is 12.3 Å². The highest BCUT2D eigenvalue weighted by molar-refractivity contribution is 5.94. The standard InChI is InChI=1S/C25H23F3N2O3/c1-24(2,3)33-23(31)30-13-11-17(15-30)22-21-14-20(7-4-16(21)10-12-29-22)32-19-8-5-18(6-9-19)25(26,27)28/h4-12,14H,13,15H2,1-3H3. The Labute approximate surface area is 189 Å². The van der Waals surface area contributed by atoms with Crippen LogP contribution in [-0.4, -0.2) is 34.7 Å². The second-order valence-electron chi connectivity index (χ2n) is 8.76. The summed E-state index contributed by atoms with van der Waals surface area (Å²) < 4.78 is 49.6. The summed E-state index contributed by atoms with van der Waals surface area (Å²) in [5, 5.41) is 1.75. The molecule has 172 valence electrons. The summed E-state index contributed by atoms with van der Waals surface area (Å²) in [7, 11) is 0. The van der Waals surface area contributed by atoms with Crippen LogP contribution in [0, 0.1) is 0 Å². The lowest BCUT2D eigenvalue weighted by Gasteiger charge is -2.24. The van der Waals surface area contributed by atoms with Crippen LogP contribution in [-0.2, 0) is 10.9 Å². The molecule has 2 heterocycles. The third-order valence-electron chi connectivity index (χ3n) is 5.03. The number of alkyl halides is 3. The molecule has 0 unspecified atom stereocenters. The Kier molecular flexibility index (Phi) is 5.78. The van der Waals surface area contributed by atoms with Crippen molar-refractivity contribution in [2.75, 3.05) is 13.1 Å². The lowest BCUT2D eigenvalue weighted by molar-refractivity contribution is -0.137. The summed E-state index contributed by atoms with van der Waals surface area (Å²) in [6.45, 7) is 6.24. The smallest absolute Gasteiger partial charge is 0.416 e. The van der Waals surface area contributed by atoms with Gasteiger partial charge in [-0.1, -0.05) is 12.1 Å². The lowest BCUT2D eigenvalue weighted by atomic mass is 10.0.